The number of amides is 1. The number of nitrogens with zero attached hydrogens (tertiary/aromatic N) is 1. The summed E-state index contributed by atoms with van der Waals surface area (Å²) in [7, 11) is 0. The maximum absolute atomic E-state index is 13.0. The van der Waals surface area contributed by atoms with Crippen LogP contribution >= 0.6 is 0 Å². The number of rotatable bonds is 3. The van der Waals surface area contributed by atoms with Crippen LogP contribution in [0, 0.1) is 15.9 Å². The van der Waals surface area contributed by atoms with Gasteiger partial charge in [0.1, 0.15) is 11.4 Å². The van der Waals surface area contributed by atoms with E-state index >= 15 is 0 Å². The number of hydrogen-bond acceptors (Lipinski definition) is 4. The van der Waals surface area contributed by atoms with Gasteiger partial charge in [-0.1, -0.05) is 0 Å². The molecule has 2 rings (SSSR count). The zero-order valence-electron chi connectivity index (χ0n) is 10.2. The monoisotopic (exact) mass is 275 g/mol. The normalized spacial score (nSPS) is 10.1. The van der Waals surface area contributed by atoms with E-state index < -0.39 is 22.3 Å². The second-order valence-electron chi connectivity index (χ2n) is 3.99. The Balaban J connectivity index is 2.29. The van der Waals surface area contributed by atoms with Gasteiger partial charge in [0, 0.05) is 11.4 Å². The molecule has 0 aromatic heterocycles. The number of nitrogens with two attached hydrogens (primary N) is 1. The topological polar surface area (TPSA) is 98.3 Å². The van der Waals surface area contributed by atoms with Gasteiger partial charge in [0.05, 0.1) is 11.0 Å². The Bertz CT molecular complexity index is 671. The molecule has 2 aromatic carbocycles. The Morgan fingerprint density at radius 1 is 1.20 bits per heavy atom. The smallest absolute Gasteiger partial charge is 0.285 e. The van der Waals surface area contributed by atoms with E-state index in [9.17, 15) is 19.3 Å². The molecule has 0 heterocycles. The van der Waals surface area contributed by atoms with Crippen LogP contribution in [0.25, 0.3) is 0 Å². The summed E-state index contributed by atoms with van der Waals surface area (Å²) in [6.07, 6.45) is 0. The maximum Gasteiger partial charge on any atom is 0.285 e. The van der Waals surface area contributed by atoms with Crippen molar-refractivity contribution in [1.29, 1.82) is 0 Å². The van der Waals surface area contributed by atoms with E-state index in [0.717, 1.165) is 12.1 Å². The molecular formula is C13H10FN3O3. The maximum atomic E-state index is 13.0. The SMILES string of the molecule is Nc1ccc(NC(=O)c2ccc(F)cc2[N+](=O)[O-])cc1. The number of nitrogens with one attached hydrogen (secondary N) is 1. The van der Waals surface area contributed by atoms with Crippen molar-refractivity contribution in [3.05, 3.63) is 64.0 Å². The predicted octanol–water partition coefficient (Wildman–Crippen LogP) is 2.57. The minimum atomic E-state index is -0.805. The molecule has 1 amide bonds. The molecule has 0 aliphatic rings. The first-order chi connectivity index (χ1) is 9.47. The molecule has 7 heteroatoms. The third kappa shape index (κ3) is 2.89. The molecule has 0 saturated carbocycles. The van der Waals surface area contributed by atoms with Crippen LogP contribution in [0.4, 0.5) is 21.5 Å². The lowest BCUT2D eigenvalue weighted by molar-refractivity contribution is -0.385. The number of hydrogen-bond donors (Lipinski definition) is 2. The van der Waals surface area contributed by atoms with Crippen molar-refractivity contribution in [3.8, 4) is 0 Å². The van der Waals surface area contributed by atoms with Crippen molar-refractivity contribution >= 4 is 23.0 Å². The lowest BCUT2D eigenvalue weighted by Gasteiger charge is -2.06. The second kappa shape index (κ2) is 5.35. The van der Waals surface area contributed by atoms with Crippen LogP contribution in [0.15, 0.2) is 42.5 Å². The summed E-state index contributed by atoms with van der Waals surface area (Å²) in [5.41, 5.74) is 5.66. The quantitative estimate of drug-likeness (QED) is 0.511. The standard InChI is InChI=1S/C13H10FN3O3/c14-8-1-6-11(12(7-8)17(19)20)13(18)16-10-4-2-9(15)3-5-10/h1-7H,15H2,(H,16,18). The zero-order chi connectivity index (χ0) is 14.7. The molecule has 0 bridgehead atoms. The molecule has 0 spiro atoms. The highest BCUT2D eigenvalue weighted by molar-refractivity contribution is 6.07. The Morgan fingerprint density at radius 2 is 1.85 bits per heavy atom. The van der Waals surface area contributed by atoms with Gasteiger partial charge in [-0.25, -0.2) is 4.39 Å². The van der Waals surface area contributed by atoms with Gasteiger partial charge < -0.3 is 11.1 Å². The number of carbonyl (C=O) groups excluding carboxylic acids is 1. The van der Waals surface area contributed by atoms with Crippen molar-refractivity contribution in [2.45, 2.75) is 0 Å². The molecule has 0 radical (unpaired) electrons. The Kier molecular flexibility index (Phi) is 3.60. The lowest BCUT2D eigenvalue weighted by atomic mass is 10.1. The molecule has 6 nitrogen and oxygen atoms in total. The Morgan fingerprint density at radius 3 is 2.45 bits per heavy atom. The van der Waals surface area contributed by atoms with Crippen LogP contribution < -0.4 is 11.1 Å². The average Bonchev–Trinajstić information content (AvgIpc) is 2.41. The number of nitro benzene ring substituents is 1. The van der Waals surface area contributed by atoms with Crippen molar-refractivity contribution in [2.24, 2.45) is 0 Å². The van der Waals surface area contributed by atoms with Gasteiger partial charge in [0.15, 0.2) is 0 Å². The fraction of sp³-hybridized carbons (Fsp3) is 0. The van der Waals surface area contributed by atoms with E-state index in [1.807, 2.05) is 0 Å². The molecule has 0 fully saturated rings. The van der Waals surface area contributed by atoms with Crippen molar-refractivity contribution in [1.82, 2.24) is 0 Å². The largest absolute Gasteiger partial charge is 0.399 e. The summed E-state index contributed by atoms with van der Waals surface area (Å²) in [4.78, 5) is 22.0. The Labute approximate surface area is 113 Å². The highest BCUT2D eigenvalue weighted by Gasteiger charge is 2.20. The van der Waals surface area contributed by atoms with Gasteiger partial charge in [-0.15, -0.1) is 0 Å². The van der Waals surface area contributed by atoms with Gasteiger partial charge >= 0.3 is 0 Å². The molecule has 2 aromatic rings. The van der Waals surface area contributed by atoms with E-state index in [1.165, 1.54) is 0 Å². The number of nitro groups is 1. The van der Waals surface area contributed by atoms with Crippen molar-refractivity contribution < 1.29 is 14.1 Å². The Hall–Kier alpha value is -2.96. The highest BCUT2D eigenvalue weighted by atomic mass is 19.1. The summed E-state index contributed by atoms with van der Waals surface area (Å²) < 4.78 is 13.0. The van der Waals surface area contributed by atoms with Crippen LogP contribution in [-0.2, 0) is 0 Å². The first kappa shape index (κ1) is 13.5. The number of halogens is 1. The molecular weight excluding hydrogens is 265 g/mol. The van der Waals surface area contributed by atoms with Gasteiger partial charge in [-0.05, 0) is 36.4 Å². The summed E-state index contributed by atoms with van der Waals surface area (Å²) in [5.74, 6) is -1.47. The predicted molar refractivity (Wildman–Crippen MR) is 71.9 cm³/mol. The fourth-order valence-corrected chi connectivity index (χ4v) is 1.61. The van der Waals surface area contributed by atoms with Crippen LogP contribution in [-0.4, -0.2) is 10.8 Å². The molecule has 20 heavy (non-hydrogen) atoms. The van der Waals surface area contributed by atoms with Gasteiger partial charge in [0.2, 0.25) is 0 Å². The number of carbonyl (C=O) groups is 1. The molecule has 3 N–H and O–H groups in total. The van der Waals surface area contributed by atoms with E-state index in [1.54, 1.807) is 24.3 Å². The van der Waals surface area contributed by atoms with Crippen LogP contribution in [0.1, 0.15) is 10.4 Å². The van der Waals surface area contributed by atoms with Crippen molar-refractivity contribution in [2.75, 3.05) is 11.1 Å². The average molecular weight is 275 g/mol. The minimum absolute atomic E-state index is 0.215. The molecule has 0 saturated heterocycles. The summed E-state index contributed by atoms with van der Waals surface area (Å²) in [6.45, 7) is 0. The van der Waals surface area contributed by atoms with E-state index in [2.05, 4.69) is 5.32 Å². The number of anilines is 2. The van der Waals surface area contributed by atoms with Gasteiger partial charge in [-0.2, -0.15) is 0 Å². The fourth-order valence-electron chi connectivity index (χ4n) is 1.61. The third-order valence-electron chi connectivity index (χ3n) is 2.57. The number of benzene rings is 2. The van der Waals surface area contributed by atoms with Gasteiger partial charge in [-0.3, -0.25) is 14.9 Å². The van der Waals surface area contributed by atoms with Crippen LogP contribution in [0.2, 0.25) is 0 Å². The number of nitrogen functional groups attached to an aromatic ring is 1. The third-order valence-corrected chi connectivity index (χ3v) is 2.57. The van der Waals surface area contributed by atoms with E-state index in [-0.39, 0.29) is 5.56 Å². The van der Waals surface area contributed by atoms with E-state index in [4.69, 9.17) is 5.73 Å². The molecule has 102 valence electrons. The van der Waals surface area contributed by atoms with Crippen LogP contribution in [0.3, 0.4) is 0 Å². The first-order valence-electron chi connectivity index (χ1n) is 5.58. The summed E-state index contributed by atoms with van der Waals surface area (Å²) in [5, 5.41) is 13.3. The molecule has 0 aliphatic heterocycles. The summed E-state index contributed by atoms with van der Waals surface area (Å²) >= 11 is 0. The lowest BCUT2D eigenvalue weighted by Crippen LogP contribution is -2.14. The van der Waals surface area contributed by atoms with Crippen molar-refractivity contribution in [3.63, 3.8) is 0 Å². The highest BCUT2D eigenvalue weighted by Crippen LogP contribution is 2.21. The van der Waals surface area contributed by atoms with Crippen LogP contribution in [0.5, 0.6) is 0 Å². The molecule has 0 unspecified atom stereocenters. The zero-order valence-corrected chi connectivity index (χ0v) is 10.2. The van der Waals surface area contributed by atoms with Gasteiger partial charge in [0.25, 0.3) is 11.6 Å². The second-order valence-corrected chi connectivity index (χ2v) is 3.99. The first-order valence-corrected chi connectivity index (χ1v) is 5.58. The molecule has 0 aliphatic carbocycles. The molecule has 0 atom stereocenters. The summed E-state index contributed by atoms with van der Waals surface area (Å²) in [6, 6.07) is 9.04. The van der Waals surface area contributed by atoms with E-state index in [0.29, 0.717) is 17.4 Å². The minimum Gasteiger partial charge on any atom is -0.399 e.